The third-order valence-electron chi connectivity index (χ3n) is 7.06. The summed E-state index contributed by atoms with van der Waals surface area (Å²) in [4.78, 5) is 21.6. The van der Waals surface area contributed by atoms with Crippen molar-refractivity contribution in [3.8, 4) is 0 Å². The number of hydrogen-bond donors (Lipinski definition) is 0. The Hall–Kier alpha value is -1.46. The Labute approximate surface area is 169 Å². The van der Waals surface area contributed by atoms with E-state index < -0.39 is 0 Å². The van der Waals surface area contributed by atoms with Crippen LogP contribution in [0.5, 0.6) is 0 Å². The lowest BCUT2D eigenvalue weighted by atomic mass is 9.72. The standard InChI is InChI=1S/C23H35N3O2/c1-22(2)15-19(7-14-28-22)16-25-12-9-23(10-13-25)8-6-21(27)26(18-23)17-20-5-3-4-11-24-20/h3-5,11,19H,6-10,12-18H2,1-2H3. The predicted molar refractivity (Wildman–Crippen MR) is 110 cm³/mol. The number of carbonyl (C=O) groups excluding carboxylic acids is 1. The van der Waals surface area contributed by atoms with Gasteiger partial charge in [-0.2, -0.15) is 0 Å². The normalized spacial score (nSPS) is 27.9. The molecular weight excluding hydrogens is 350 g/mol. The van der Waals surface area contributed by atoms with E-state index in [0.717, 1.165) is 31.2 Å². The molecule has 1 aromatic rings. The van der Waals surface area contributed by atoms with Gasteiger partial charge in [-0.1, -0.05) is 6.07 Å². The number of likely N-dealkylation sites (tertiary alicyclic amines) is 2. The number of ether oxygens (including phenoxy) is 1. The van der Waals surface area contributed by atoms with Crippen molar-refractivity contribution < 1.29 is 9.53 Å². The summed E-state index contributed by atoms with van der Waals surface area (Å²) >= 11 is 0. The number of carbonyl (C=O) groups is 1. The van der Waals surface area contributed by atoms with Crippen molar-refractivity contribution in [3.63, 3.8) is 0 Å². The first-order chi connectivity index (χ1) is 13.4. The molecule has 3 aliphatic heterocycles. The summed E-state index contributed by atoms with van der Waals surface area (Å²) in [6, 6.07) is 5.95. The minimum Gasteiger partial charge on any atom is -0.376 e. The quantitative estimate of drug-likeness (QED) is 0.796. The van der Waals surface area contributed by atoms with E-state index in [9.17, 15) is 4.79 Å². The number of hydrogen-bond acceptors (Lipinski definition) is 4. The molecule has 1 atom stereocenters. The van der Waals surface area contributed by atoms with Gasteiger partial charge < -0.3 is 14.5 Å². The molecule has 0 bridgehead atoms. The van der Waals surface area contributed by atoms with E-state index in [4.69, 9.17) is 4.74 Å². The highest BCUT2D eigenvalue weighted by Gasteiger charge is 2.41. The first-order valence-electron chi connectivity index (χ1n) is 11.0. The van der Waals surface area contributed by atoms with Crippen LogP contribution in [0.15, 0.2) is 24.4 Å². The molecule has 0 saturated carbocycles. The monoisotopic (exact) mass is 385 g/mol. The maximum Gasteiger partial charge on any atom is 0.222 e. The van der Waals surface area contributed by atoms with E-state index in [2.05, 4.69) is 28.6 Å². The minimum absolute atomic E-state index is 0.0373. The highest BCUT2D eigenvalue weighted by molar-refractivity contribution is 5.77. The van der Waals surface area contributed by atoms with E-state index in [1.807, 2.05) is 24.4 Å². The molecule has 3 aliphatic rings. The second-order valence-corrected chi connectivity index (χ2v) is 9.84. The molecule has 1 aromatic heterocycles. The lowest BCUT2D eigenvalue weighted by molar-refractivity contribution is -0.140. The molecule has 1 spiro atoms. The molecule has 3 fully saturated rings. The highest BCUT2D eigenvalue weighted by atomic mass is 16.5. The van der Waals surface area contributed by atoms with Gasteiger partial charge >= 0.3 is 0 Å². The third kappa shape index (κ3) is 4.74. The van der Waals surface area contributed by atoms with Gasteiger partial charge in [-0.25, -0.2) is 0 Å². The fourth-order valence-electron chi connectivity index (χ4n) is 5.43. The molecule has 4 heterocycles. The summed E-state index contributed by atoms with van der Waals surface area (Å²) in [7, 11) is 0. The number of aromatic nitrogens is 1. The molecule has 28 heavy (non-hydrogen) atoms. The summed E-state index contributed by atoms with van der Waals surface area (Å²) in [6.07, 6.45) is 8.36. The van der Waals surface area contributed by atoms with Crippen LogP contribution in [0, 0.1) is 11.3 Å². The van der Waals surface area contributed by atoms with Crippen LogP contribution in [0.3, 0.4) is 0 Å². The van der Waals surface area contributed by atoms with Gasteiger partial charge in [0.1, 0.15) is 0 Å². The average molecular weight is 386 g/mol. The van der Waals surface area contributed by atoms with Crippen LogP contribution < -0.4 is 0 Å². The van der Waals surface area contributed by atoms with E-state index in [0.29, 0.717) is 24.3 Å². The van der Waals surface area contributed by atoms with Crippen LogP contribution >= 0.6 is 0 Å². The smallest absolute Gasteiger partial charge is 0.222 e. The number of rotatable bonds is 4. The molecule has 4 rings (SSSR count). The number of piperidine rings is 2. The van der Waals surface area contributed by atoms with Gasteiger partial charge in [-0.15, -0.1) is 0 Å². The predicted octanol–water partition coefficient (Wildman–Crippen LogP) is 3.49. The topological polar surface area (TPSA) is 45.7 Å². The molecule has 1 unspecified atom stereocenters. The van der Waals surface area contributed by atoms with E-state index in [1.165, 1.54) is 45.3 Å². The first kappa shape index (κ1) is 19.8. The van der Waals surface area contributed by atoms with Crippen molar-refractivity contribution in [1.29, 1.82) is 0 Å². The van der Waals surface area contributed by atoms with Crippen molar-refractivity contribution in [2.45, 2.75) is 64.5 Å². The Balaban J connectivity index is 1.31. The molecule has 5 heteroatoms. The zero-order valence-electron chi connectivity index (χ0n) is 17.5. The molecule has 0 N–H and O–H groups in total. The van der Waals surface area contributed by atoms with Crippen LogP contribution in [0.4, 0.5) is 0 Å². The van der Waals surface area contributed by atoms with Crippen LogP contribution in [0.2, 0.25) is 0 Å². The number of pyridine rings is 1. The van der Waals surface area contributed by atoms with Crippen molar-refractivity contribution in [3.05, 3.63) is 30.1 Å². The Morgan fingerprint density at radius 2 is 2.04 bits per heavy atom. The van der Waals surface area contributed by atoms with E-state index in [1.54, 1.807) is 0 Å². The Morgan fingerprint density at radius 3 is 2.75 bits per heavy atom. The van der Waals surface area contributed by atoms with Gasteiger partial charge in [0, 0.05) is 32.3 Å². The van der Waals surface area contributed by atoms with Gasteiger partial charge in [0.15, 0.2) is 0 Å². The summed E-state index contributed by atoms with van der Waals surface area (Å²) in [5, 5.41) is 0. The lowest BCUT2D eigenvalue weighted by Gasteiger charge is -2.48. The second-order valence-electron chi connectivity index (χ2n) is 9.84. The summed E-state index contributed by atoms with van der Waals surface area (Å²) in [5.41, 5.74) is 1.34. The van der Waals surface area contributed by atoms with E-state index >= 15 is 0 Å². The van der Waals surface area contributed by atoms with Crippen molar-refractivity contribution in [2.24, 2.45) is 11.3 Å². The summed E-state index contributed by atoms with van der Waals surface area (Å²) in [6.45, 7) is 10.5. The SMILES string of the molecule is CC1(C)CC(CN2CCC3(CCC(=O)N(Cc4ccccn4)C3)CC2)CCO1. The van der Waals surface area contributed by atoms with Crippen molar-refractivity contribution in [1.82, 2.24) is 14.8 Å². The van der Waals surface area contributed by atoms with Crippen LogP contribution in [-0.4, -0.2) is 59.1 Å². The Kier molecular flexibility index (Phi) is 5.75. The molecular formula is C23H35N3O2. The Bertz CT molecular complexity index is 668. The minimum atomic E-state index is 0.0373. The number of amides is 1. The largest absolute Gasteiger partial charge is 0.376 e. The van der Waals surface area contributed by atoms with Crippen molar-refractivity contribution in [2.75, 3.05) is 32.8 Å². The van der Waals surface area contributed by atoms with Crippen molar-refractivity contribution >= 4 is 5.91 Å². The van der Waals surface area contributed by atoms with Crippen LogP contribution in [0.25, 0.3) is 0 Å². The second kappa shape index (κ2) is 8.11. The maximum atomic E-state index is 12.5. The fraction of sp³-hybridized carbons (Fsp3) is 0.739. The number of nitrogens with zero attached hydrogens (tertiary/aromatic N) is 3. The highest BCUT2D eigenvalue weighted by Crippen LogP contribution is 2.41. The first-order valence-corrected chi connectivity index (χ1v) is 11.0. The summed E-state index contributed by atoms with van der Waals surface area (Å²) < 4.78 is 5.88. The van der Waals surface area contributed by atoms with Crippen LogP contribution in [0.1, 0.15) is 58.1 Å². The molecule has 0 aromatic carbocycles. The average Bonchev–Trinajstić information content (AvgIpc) is 2.67. The Morgan fingerprint density at radius 1 is 1.21 bits per heavy atom. The molecule has 5 nitrogen and oxygen atoms in total. The van der Waals surface area contributed by atoms with Gasteiger partial charge in [0.2, 0.25) is 5.91 Å². The van der Waals surface area contributed by atoms with Gasteiger partial charge in [-0.3, -0.25) is 9.78 Å². The summed E-state index contributed by atoms with van der Waals surface area (Å²) in [5.74, 6) is 1.05. The van der Waals surface area contributed by atoms with Gasteiger partial charge in [0.05, 0.1) is 17.8 Å². The lowest BCUT2D eigenvalue weighted by Crippen LogP contribution is -2.52. The zero-order valence-corrected chi connectivity index (χ0v) is 17.5. The maximum absolute atomic E-state index is 12.5. The molecule has 0 radical (unpaired) electrons. The third-order valence-corrected chi connectivity index (χ3v) is 7.06. The van der Waals surface area contributed by atoms with Gasteiger partial charge in [0.25, 0.3) is 0 Å². The zero-order chi connectivity index (χ0) is 19.6. The molecule has 3 saturated heterocycles. The molecule has 0 aliphatic carbocycles. The molecule has 154 valence electrons. The van der Waals surface area contributed by atoms with Gasteiger partial charge in [-0.05, 0) is 82.5 Å². The van der Waals surface area contributed by atoms with Crippen LogP contribution in [-0.2, 0) is 16.1 Å². The van der Waals surface area contributed by atoms with E-state index in [-0.39, 0.29) is 5.60 Å². The molecule has 1 amide bonds. The fourth-order valence-corrected chi connectivity index (χ4v) is 5.43.